The zero-order valence-corrected chi connectivity index (χ0v) is 28.4. The van der Waals surface area contributed by atoms with Crippen LogP contribution in [0.4, 0.5) is 4.39 Å². The molecule has 1 fully saturated rings. The van der Waals surface area contributed by atoms with Crippen molar-refractivity contribution < 1.29 is 4.39 Å². The molecule has 0 aromatic rings. The second kappa shape index (κ2) is 12.8. The highest BCUT2D eigenvalue weighted by Crippen LogP contribution is 2.45. The summed E-state index contributed by atoms with van der Waals surface area (Å²) in [6, 6.07) is 0.609. The van der Waals surface area contributed by atoms with Crippen LogP contribution in [0, 0.1) is 29.6 Å². The average Bonchev–Trinajstić information content (AvgIpc) is 3.20. The van der Waals surface area contributed by atoms with Gasteiger partial charge in [-0.05, 0) is 104 Å². The van der Waals surface area contributed by atoms with Crippen LogP contribution in [0.2, 0.25) is 0 Å². The summed E-state index contributed by atoms with van der Waals surface area (Å²) in [5, 5.41) is 3.90. The molecule has 0 spiro atoms. The van der Waals surface area contributed by atoms with Crippen LogP contribution >= 0.6 is 79.4 Å². The molecule has 1 heterocycles. The van der Waals surface area contributed by atoms with Gasteiger partial charge in [0.05, 0.1) is 10.4 Å². The number of allylic oxidation sites excluding steroid dienone is 10. The molecule has 0 amide bonds. The second-order valence-electron chi connectivity index (χ2n) is 10.7. The lowest BCUT2D eigenvalue weighted by molar-refractivity contribution is 0.177. The predicted molar refractivity (Wildman–Crippen MR) is 177 cm³/mol. The Kier molecular flexibility index (Phi) is 11.1. The van der Waals surface area contributed by atoms with Crippen LogP contribution in [0.5, 0.6) is 0 Å². The monoisotopic (exact) mass is 835 g/mol. The first-order chi connectivity index (χ1) is 16.3. The Balaban J connectivity index is 1.80. The van der Waals surface area contributed by atoms with Crippen molar-refractivity contribution in [2.75, 3.05) is 6.54 Å². The number of halogens is 5. The molecule has 35 heavy (non-hydrogen) atoms. The van der Waals surface area contributed by atoms with Crippen LogP contribution in [0.25, 0.3) is 0 Å². The Morgan fingerprint density at radius 2 is 2.00 bits per heavy atom. The topological polar surface area (TPSA) is 12.0 Å². The average molecular weight is 836 g/mol. The van der Waals surface area contributed by atoms with E-state index in [1.165, 1.54) is 18.4 Å². The van der Waals surface area contributed by atoms with Crippen LogP contribution in [0.3, 0.4) is 0 Å². The van der Waals surface area contributed by atoms with Gasteiger partial charge in [-0.15, -0.1) is 6.58 Å². The largest absolute Gasteiger partial charge is 0.314 e. The molecule has 1 aliphatic heterocycles. The van der Waals surface area contributed by atoms with Crippen LogP contribution in [-0.2, 0) is 0 Å². The zero-order valence-electron chi connectivity index (χ0n) is 21.1. The first-order valence-electron chi connectivity index (χ1n) is 12.6. The quantitative estimate of drug-likeness (QED) is 0.111. The molecular weight excluding hydrogens is 797 g/mol. The van der Waals surface area contributed by atoms with Gasteiger partial charge in [-0.1, -0.05) is 118 Å². The molecule has 1 nitrogen and oxygen atoms in total. The van der Waals surface area contributed by atoms with Crippen LogP contribution < -0.4 is 5.32 Å². The van der Waals surface area contributed by atoms with E-state index in [9.17, 15) is 4.39 Å². The minimum Gasteiger partial charge on any atom is -0.314 e. The summed E-state index contributed by atoms with van der Waals surface area (Å²) in [4.78, 5) is 0. The van der Waals surface area contributed by atoms with Crippen molar-refractivity contribution in [1.82, 2.24) is 5.32 Å². The number of nitrogens with one attached hydrogen (secondary N) is 1. The molecule has 3 rings (SSSR count). The summed E-state index contributed by atoms with van der Waals surface area (Å²) in [5.41, 5.74) is 4.53. The Hall–Kier alpha value is 0.810. The van der Waals surface area contributed by atoms with Crippen molar-refractivity contribution in [3.05, 3.63) is 70.9 Å². The lowest BCUT2D eigenvalue weighted by Gasteiger charge is -2.38. The van der Waals surface area contributed by atoms with Crippen LogP contribution in [-0.4, -0.2) is 24.1 Å². The Morgan fingerprint density at radius 1 is 1.31 bits per heavy atom. The van der Waals surface area contributed by atoms with Crippen molar-refractivity contribution in [3.63, 3.8) is 0 Å². The van der Waals surface area contributed by atoms with Gasteiger partial charge in [0.25, 0.3) is 0 Å². The van der Waals surface area contributed by atoms with Crippen molar-refractivity contribution in [2.24, 2.45) is 29.6 Å². The zero-order chi connectivity index (χ0) is 26.1. The Bertz CT molecular complexity index is 944. The summed E-state index contributed by atoms with van der Waals surface area (Å²) in [7, 11) is 0. The lowest BCUT2D eigenvalue weighted by Crippen LogP contribution is -2.31. The molecule has 8 unspecified atom stereocenters. The molecule has 2 aliphatic carbocycles. The first kappa shape index (κ1) is 30.4. The van der Waals surface area contributed by atoms with Gasteiger partial charge >= 0.3 is 0 Å². The molecular formula is C29H38ClFI3N. The highest BCUT2D eigenvalue weighted by Gasteiger charge is 2.36. The standard InChI is InChI=1S/C29H38ClFI3N/c1-7-23(22-12-18(4)35-15-22)19(5)24-9-8-20(10-17(24)3)16(2)11-25(29(6,33)34)21-13-26(30)28(31)27(32)14-21/h7,10-11,13-14,17-19,22-24,27-28,35H,1-2,8-9,12,15H2,3-6H3/b25-11+. The van der Waals surface area contributed by atoms with Gasteiger partial charge in [0, 0.05) is 6.04 Å². The van der Waals surface area contributed by atoms with E-state index in [4.69, 9.17) is 11.6 Å². The van der Waals surface area contributed by atoms with Gasteiger partial charge < -0.3 is 5.32 Å². The van der Waals surface area contributed by atoms with Gasteiger partial charge in [0.15, 0.2) is 6.17 Å². The third kappa shape index (κ3) is 7.47. The summed E-state index contributed by atoms with van der Waals surface area (Å²) >= 11 is 13.3. The van der Waals surface area contributed by atoms with E-state index in [2.05, 4.69) is 132 Å². The maximum absolute atomic E-state index is 14.3. The highest BCUT2D eigenvalue weighted by atomic mass is 127. The molecule has 194 valence electrons. The summed E-state index contributed by atoms with van der Waals surface area (Å²) in [6.45, 7) is 19.1. The van der Waals surface area contributed by atoms with Gasteiger partial charge in [-0.2, -0.15) is 0 Å². The normalized spacial score (nSPS) is 34.0. The minimum atomic E-state index is -1.14. The number of alkyl halides is 4. The molecule has 0 radical (unpaired) electrons. The van der Waals surface area contributed by atoms with Gasteiger partial charge in [-0.3, -0.25) is 0 Å². The number of hydrogen-bond donors (Lipinski definition) is 1. The van der Waals surface area contributed by atoms with E-state index >= 15 is 0 Å². The minimum absolute atomic E-state index is 0.168. The Labute approximate surface area is 258 Å². The fraction of sp³-hybridized carbons (Fsp3) is 0.586. The van der Waals surface area contributed by atoms with E-state index in [0.29, 0.717) is 35.6 Å². The third-order valence-corrected chi connectivity index (χ3v) is 10.5. The highest BCUT2D eigenvalue weighted by molar-refractivity contribution is 14.2. The van der Waals surface area contributed by atoms with Crippen molar-refractivity contribution >= 4 is 79.4 Å². The van der Waals surface area contributed by atoms with E-state index < -0.39 is 6.17 Å². The third-order valence-electron chi connectivity index (χ3n) is 8.06. The first-order valence-corrected chi connectivity index (χ1v) is 16.3. The van der Waals surface area contributed by atoms with Gasteiger partial charge in [0.1, 0.15) is 0 Å². The van der Waals surface area contributed by atoms with Crippen molar-refractivity contribution in [2.45, 2.75) is 64.5 Å². The predicted octanol–water partition coefficient (Wildman–Crippen LogP) is 9.67. The van der Waals surface area contributed by atoms with Crippen LogP contribution in [0.1, 0.15) is 47.0 Å². The molecule has 0 bridgehead atoms. The van der Waals surface area contributed by atoms with E-state index in [1.807, 2.05) is 6.08 Å². The molecule has 0 saturated carbocycles. The molecule has 0 aromatic carbocycles. The fourth-order valence-corrected chi connectivity index (χ4v) is 8.26. The maximum atomic E-state index is 14.3. The fourth-order valence-electron chi connectivity index (χ4n) is 6.09. The summed E-state index contributed by atoms with van der Waals surface area (Å²) < 4.78 is 13.9. The van der Waals surface area contributed by atoms with Crippen LogP contribution in [0.15, 0.2) is 70.9 Å². The van der Waals surface area contributed by atoms with Crippen molar-refractivity contribution in [1.29, 1.82) is 0 Å². The molecule has 1 N–H and O–H groups in total. The molecule has 1 saturated heterocycles. The molecule has 3 aliphatic rings. The van der Waals surface area contributed by atoms with E-state index in [-0.39, 0.29) is 10.4 Å². The van der Waals surface area contributed by atoms with E-state index in [1.54, 1.807) is 6.08 Å². The SMILES string of the molecule is C=CC(C1CNC(C)C1)C(C)C1CCC(C(=C)/C=C(\C2=CC(I)C(F)C(Cl)=C2)C(C)(I)I)=CC1C. The summed E-state index contributed by atoms with van der Waals surface area (Å²) in [6.07, 6.45) is 13.0. The maximum Gasteiger partial charge on any atom is 0.151 e. The lowest BCUT2D eigenvalue weighted by atomic mass is 9.67. The number of hydrogen-bond acceptors (Lipinski definition) is 1. The number of rotatable bonds is 8. The Morgan fingerprint density at radius 3 is 2.51 bits per heavy atom. The molecule has 6 heteroatoms. The summed E-state index contributed by atoms with van der Waals surface area (Å²) in [5.74, 6) is 3.00. The molecule has 8 atom stereocenters. The van der Waals surface area contributed by atoms with E-state index in [0.717, 1.165) is 29.7 Å². The van der Waals surface area contributed by atoms with Gasteiger partial charge in [-0.25, -0.2) is 4.39 Å². The van der Waals surface area contributed by atoms with Gasteiger partial charge in [0.2, 0.25) is 0 Å². The van der Waals surface area contributed by atoms with Crippen molar-refractivity contribution in [3.8, 4) is 0 Å². The second-order valence-corrected chi connectivity index (χ2v) is 19.0. The molecule has 0 aromatic heterocycles. The smallest absolute Gasteiger partial charge is 0.151 e.